The summed E-state index contributed by atoms with van der Waals surface area (Å²) in [5.74, 6) is 2.95. The molecule has 3 aromatic rings. The third-order valence-electron chi connectivity index (χ3n) is 4.30. The van der Waals surface area contributed by atoms with Gasteiger partial charge in [0.05, 0.1) is 7.11 Å². The van der Waals surface area contributed by atoms with Gasteiger partial charge in [0.2, 0.25) is 0 Å². The van der Waals surface area contributed by atoms with Gasteiger partial charge >= 0.3 is 0 Å². The van der Waals surface area contributed by atoms with E-state index < -0.39 is 0 Å². The number of aromatic nitrogens is 3. The molecule has 0 amide bonds. The number of hydrogen-bond donors (Lipinski definition) is 3. The Kier molecular flexibility index (Phi) is 7.24. The molecule has 0 aliphatic carbocycles. The van der Waals surface area contributed by atoms with E-state index >= 15 is 0 Å². The Balaban J connectivity index is 1.61. The number of aliphatic imine (C=N–C) groups is 1. The summed E-state index contributed by atoms with van der Waals surface area (Å²) >= 11 is 1.84. The van der Waals surface area contributed by atoms with Gasteiger partial charge in [-0.15, -0.1) is 11.3 Å². The molecule has 29 heavy (non-hydrogen) atoms. The molecule has 8 heteroatoms. The minimum absolute atomic E-state index is 0.274. The molecule has 0 aliphatic heterocycles. The highest BCUT2D eigenvalue weighted by Gasteiger charge is 2.09. The van der Waals surface area contributed by atoms with Crippen LogP contribution in [0.15, 0.2) is 41.4 Å². The molecule has 2 heterocycles. The molecule has 0 saturated carbocycles. The largest absolute Gasteiger partial charge is 0.497 e. The molecular formula is C21H28N6OS. The van der Waals surface area contributed by atoms with Gasteiger partial charge in [-0.2, -0.15) is 5.10 Å². The smallest absolute Gasteiger partial charge is 0.191 e. The molecular weight excluding hydrogens is 384 g/mol. The fraction of sp³-hybridized carbons (Fsp3) is 0.381. The van der Waals surface area contributed by atoms with Crippen molar-refractivity contribution in [3.63, 3.8) is 0 Å². The summed E-state index contributed by atoms with van der Waals surface area (Å²) in [6.45, 7) is 7.57. The number of guanidine groups is 1. The molecule has 1 unspecified atom stereocenters. The van der Waals surface area contributed by atoms with E-state index in [9.17, 15) is 0 Å². The van der Waals surface area contributed by atoms with Crippen LogP contribution in [0.1, 0.15) is 29.4 Å². The van der Waals surface area contributed by atoms with E-state index in [1.807, 2.05) is 35.6 Å². The maximum Gasteiger partial charge on any atom is 0.191 e. The van der Waals surface area contributed by atoms with E-state index in [-0.39, 0.29) is 6.04 Å². The average molecular weight is 413 g/mol. The number of rotatable bonds is 8. The number of H-pyrrole nitrogens is 1. The fourth-order valence-corrected chi connectivity index (χ4v) is 3.91. The fourth-order valence-electron chi connectivity index (χ4n) is 2.89. The van der Waals surface area contributed by atoms with Crippen molar-refractivity contribution in [2.45, 2.75) is 39.8 Å². The van der Waals surface area contributed by atoms with Crippen LogP contribution in [-0.4, -0.2) is 40.8 Å². The van der Waals surface area contributed by atoms with E-state index in [2.05, 4.69) is 63.7 Å². The highest BCUT2D eigenvalue weighted by molar-refractivity contribution is 7.11. The molecule has 1 atom stereocenters. The highest BCUT2D eigenvalue weighted by atomic mass is 32.1. The van der Waals surface area contributed by atoms with Gasteiger partial charge < -0.3 is 15.4 Å². The molecule has 7 nitrogen and oxygen atoms in total. The number of hydrogen-bond acceptors (Lipinski definition) is 5. The van der Waals surface area contributed by atoms with Crippen LogP contribution in [0.5, 0.6) is 5.75 Å². The van der Waals surface area contributed by atoms with Crippen molar-refractivity contribution in [2.75, 3.05) is 13.7 Å². The lowest BCUT2D eigenvalue weighted by Gasteiger charge is -2.17. The molecule has 0 fully saturated rings. The quantitative estimate of drug-likeness (QED) is 0.389. The number of aryl methyl sites for hydroxylation is 1. The molecule has 0 spiro atoms. The number of nitrogens with zero attached hydrogens (tertiary/aromatic N) is 3. The van der Waals surface area contributed by atoms with Gasteiger partial charge in [0.15, 0.2) is 11.8 Å². The van der Waals surface area contributed by atoms with E-state index in [4.69, 9.17) is 4.74 Å². The van der Waals surface area contributed by atoms with Crippen molar-refractivity contribution < 1.29 is 4.74 Å². The third-order valence-corrected chi connectivity index (χ3v) is 5.32. The summed E-state index contributed by atoms with van der Waals surface area (Å²) in [7, 11) is 1.65. The number of benzene rings is 1. The van der Waals surface area contributed by atoms with E-state index in [1.165, 1.54) is 9.75 Å². The maximum atomic E-state index is 5.19. The second-order valence-electron chi connectivity index (χ2n) is 6.79. The Morgan fingerprint density at radius 2 is 2.03 bits per heavy atom. The summed E-state index contributed by atoms with van der Waals surface area (Å²) in [5.41, 5.74) is 0.933. The monoisotopic (exact) mass is 412 g/mol. The highest BCUT2D eigenvalue weighted by Crippen LogP contribution is 2.19. The Morgan fingerprint density at radius 3 is 2.69 bits per heavy atom. The second kappa shape index (κ2) is 10.1. The summed E-state index contributed by atoms with van der Waals surface area (Å²) in [4.78, 5) is 11.9. The molecule has 0 radical (unpaired) electrons. The minimum Gasteiger partial charge on any atom is -0.497 e. The Bertz CT molecular complexity index is 931. The second-order valence-corrected chi connectivity index (χ2v) is 8.16. The maximum absolute atomic E-state index is 5.19. The molecule has 0 aliphatic rings. The molecule has 3 N–H and O–H groups in total. The zero-order chi connectivity index (χ0) is 20.6. The third kappa shape index (κ3) is 6.05. The van der Waals surface area contributed by atoms with Crippen LogP contribution < -0.4 is 15.4 Å². The van der Waals surface area contributed by atoms with Gasteiger partial charge in [-0.3, -0.25) is 5.10 Å². The molecule has 1 aromatic carbocycles. The molecule has 2 aromatic heterocycles. The van der Waals surface area contributed by atoms with Crippen molar-refractivity contribution in [1.29, 1.82) is 0 Å². The van der Waals surface area contributed by atoms with E-state index in [1.54, 1.807) is 7.11 Å². The van der Waals surface area contributed by atoms with E-state index in [0.717, 1.165) is 36.1 Å². The predicted molar refractivity (Wildman–Crippen MR) is 119 cm³/mol. The average Bonchev–Trinajstić information content (AvgIpc) is 3.35. The van der Waals surface area contributed by atoms with Crippen LogP contribution in [0.2, 0.25) is 0 Å². The Hall–Kier alpha value is -2.87. The normalized spacial score (nSPS) is 12.6. The number of nitrogens with one attached hydrogen (secondary N) is 3. The van der Waals surface area contributed by atoms with Crippen LogP contribution in [0.25, 0.3) is 11.4 Å². The number of ether oxygens (including phenoxy) is 1. The minimum atomic E-state index is 0.274. The first-order valence-electron chi connectivity index (χ1n) is 9.73. The van der Waals surface area contributed by atoms with Crippen molar-refractivity contribution in [2.24, 2.45) is 4.99 Å². The van der Waals surface area contributed by atoms with Crippen molar-refractivity contribution >= 4 is 17.3 Å². The summed E-state index contributed by atoms with van der Waals surface area (Å²) < 4.78 is 5.19. The number of thiophene rings is 1. The van der Waals surface area contributed by atoms with Gasteiger partial charge in [0.1, 0.15) is 18.1 Å². The zero-order valence-electron chi connectivity index (χ0n) is 17.3. The Labute approximate surface area is 175 Å². The van der Waals surface area contributed by atoms with Crippen LogP contribution in [0.3, 0.4) is 0 Å². The SMILES string of the molecule is CCNC(=NCc1nc(-c2ccc(OC)cc2)n[nH]1)NC(C)Cc1ccc(C)s1. The van der Waals surface area contributed by atoms with E-state index in [0.29, 0.717) is 12.4 Å². The molecule has 0 bridgehead atoms. The number of aromatic amines is 1. The first-order valence-corrected chi connectivity index (χ1v) is 10.5. The summed E-state index contributed by atoms with van der Waals surface area (Å²) in [5, 5.41) is 14.0. The topological polar surface area (TPSA) is 87.2 Å². The zero-order valence-corrected chi connectivity index (χ0v) is 18.1. The van der Waals surface area contributed by atoms with Crippen LogP contribution in [-0.2, 0) is 13.0 Å². The standard InChI is InChI=1S/C21H28N6OS/c1-5-22-21(24-14(2)12-18-11-6-15(3)29-18)23-13-19-25-20(27-26-19)16-7-9-17(28-4)10-8-16/h6-11,14H,5,12-13H2,1-4H3,(H2,22,23,24)(H,25,26,27). The van der Waals surface area contributed by atoms with Gasteiger partial charge in [-0.05, 0) is 57.2 Å². The summed E-state index contributed by atoms with van der Waals surface area (Å²) in [6, 6.07) is 12.3. The lowest BCUT2D eigenvalue weighted by atomic mass is 10.2. The van der Waals surface area contributed by atoms with Crippen molar-refractivity contribution in [1.82, 2.24) is 25.8 Å². The van der Waals surface area contributed by atoms with Crippen LogP contribution >= 0.6 is 11.3 Å². The van der Waals surface area contributed by atoms with Gasteiger partial charge in [-0.25, -0.2) is 9.98 Å². The molecule has 154 valence electrons. The van der Waals surface area contributed by atoms with Gasteiger partial charge in [-0.1, -0.05) is 0 Å². The predicted octanol–water partition coefficient (Wildman–Crippen LogP) is 3.54. The number of methoxy groups -OCH3 is 1. The molecule has 3 rings (SSSR count). The van der Waals surface area contributed by atoms with Crippen molar-refractivity contribution in [3.8, 4) is 17.1 Å². The van der Waals surface area contributed by atoms with Gasteiger partial charge in [0, 0.05) is 34.3 Å². The Morgan fingerprint density at radius 1 is 1.24 bits per heavy atom. The lowest BCUT2D eigenvalue weighted by molar-refractivity contribution is 0.415. The van der Waals surface area contributed by atoms with Gasteiger partial charge in [0.25, 0.3) is 0 Å². The molecule has 0 saturated heterocycles. The first kappa shape index (κ1) is 20.9. The lowest BCUT2D eigenvalue weighted by Crippen LogP contribution is -2.43. The van der Waals surface area contributed by atoms with Crippen molar-refractivity contribution in [3.05, 3.63) is 52.0 Å². The summed E-state index contributed by atoms with van der Waals surface area (Å²) in [6.07, 6.45) is 0.965. The van der Waals surface area contributed by atoms with Crippen LogP contribution in [0, 0.1) is 6.92 Å². The van der Waals surface area contributed by atoms with Crippen LogP contribution in [0.4, 0.5) is 0 Å². The first-order chi connectivity index (χ1) is 14.1.